The Balaban J connectivity index is 3.38. The van der Waals surface area contributed by atoms with Crippen LogP contribution in [0.1, 0.15) is 194 Å². The maximum absolute atomic E-state index is 10.4. The first-order valence-corrected chi connectivity index (χ1v) is 18.6. The summed E-state index contributed by atoms with van der Waals surface area (Å²) in [6.45, 7) is 8.94. The molecule has 1 unspecified atom stereocenters. The number of hydrogen-bond donors (Lipinski definition) is 1. The highest BCUT2D eigenvalue weighted by Gasteiger charge is 2.08. The maximum Gasteiger partial charge on any atom is 0.0667 e. The summed E-state index contributed by atoms with van der Waals surface area (Å²) in [6, 6.07) is 0. The molecule has 0 aliphatic rings. The molecule has 0 spiro atoms. The van der Waals surface area contributed by atoms with Crippen molar-refractivity contribution < 1.29 is 5.11 Å². The Morgan fingerprint density at radius 2 is 0.675 bits per heavy atom. The van der Waals surface area contributed by atoms with E-state index in [-0.39, 0.29) is 6.10 Å². The first-order chi connectivity index (χ1) is 19.6. The van der Waals surface area contributed by atoms with Crippen molar-refractivity contribution in [2.24, 2.45) is 0 Å². The molecule has 0 aliphatic heterocycles. The number of aliphatic hydroxyl groups excluding tert-OH is 1. The van der Waals surface area contributed by atoms with E-state index >= 15 is 0 Å². The molecule has 0 aromatic rings. The van der Waals surface area contributed by atoms with Crippen molar-refractivity contribution >= 4 is 0 Å². The Hall–Kier alpha value is -0.120. The second kappa shape index (κ2) is 33.4. The van der Waals surface area contributed by atoms with Gasteiger partial charge >= 0.3 is 0 Å². The van der Waals surface area contributed by atoms with Gasteiger partial charge in [0, 0.05) is 6.54 Å². The molecule has 1 atom stereocenters. The Bertz CT molecular complexity index is 457. The maximum atomic E-state index is 10.4. The Morgan fingerprint density at radius 3 is 1.07 bits per heavy atom. The van der Waals surface area contributed by atoms with Crippen LogP contribution in [0.3, 0.4) is 0 Å². The van der Waals surface area contributed by atoms with Crippen LogP contribution in [-0.2, 0) is 0 Å². The van der Waals surface area contributed by atoms with E-state index in [1.54, 1.807) is 0 Å². The monoisotopic (exact) mass is 567 g/mol. The van der Waals surface area contributed by atoms with E-state index in [2.05, 4.69) is 37.7 Å². The minimum atomic E-state index is -0.151. The molecule has 0 aliphatic carbocycles. The van der Waals surface area contributed by atoms with Crippen LogP contribution in [0.25, 0.3) is 0 Å². The number of nitrogens with zero attached hydrogens (tertiary/aromatic N) is 2. The zero-order chi connectivity index (χ0) is 29.4. The van der Waals surface area contributed by atoms with Gasteiger partial charge in [-0.25, -0.2) is 0 Å². The van der Waals surface area contributed by atoms with Gasteiger partial charge in [-0.15, -0.1) is 0 Å². The molecule has 0 rings (SSSR count). The molecule has 0 amide bonds. The fourth-order valence-electron chi connectivity index (χ4n) is 6.06. The molecule has 0 radical (unpaired) electrons. The molecular formula is C37H78N2O. The largest absolute Gasteiger partial charge is 0.392 e. The van der Waals surface area contributed by atoms with Gasteiger partial charge in [-0.3, -0.25) is 0 Å². The third-order valence-electron chi connectivity index (χ3n) is 8.89. The molecular weight excluding hydrogens is 488 g/mol. The molecule has 0 aromatic carbocycles. The van der Waals surface area contributed by atoms with Crippen LogP contribution in [0.15, 0.2) is 0 Å². The SMILES string of the molecule is CCCCCCCCCCCCCCCCN(C)CCCN(C)CC(O)CCCCCCCCCCCCCC. The van der Waals surface area contributed by atoms with Crippen LogP contribution in [0.4, 0.5) is 0 Å². The van der Waals surface area contributed by atoms with Gasteiger partial charge < -0.3 is 14.9 Å². The van der Waals surface area contributed by atoms with Crippen molar-refractivity contribution in [2.75, 3.05) is 40.3 Å². The van der Waals surface area contributed by atoms with Crippen LogP contribution >= 0.6 is 0 Å². The number of likely N-dealkylation sites (N-methyl/N-ethyl adjacent to an activating group) is 1. The highest BCUT2D eigenvalue weighted by Crippen LogP contribution is 2.14. The van der Waals surface area contributed by atoms with E-state index in [1.165, 1.54) is 186 Å². The van der Waals surface area contributed by atoms with Gasteiger partial charge in [0.05, 0.1) is 6.10 Å². The van der Waals surface area contributed by atoms with Gasteiger partial charge in [0.25, 0.3) is 0 Å². The van der Waals surface area contributed by atoms with E-state index in [1.807, 2.05) is 0 Å². The first kappa shape index (κ1) is 39.9. The van der Waals surface area contributed by atoms with Crippen LogP contribution in [0.5, 0.6) is 0 Å². The number of aliphatic hydroxyl groups is 1. The minimum absolute atomic E-state index is 0.151. The molecule has 40 heavy (non-hydrogen) atoms. The highest BCUT2D eigenvalue weighted by atomic mass is 16.3. The van der Waals surface area contributed by atoms with Gasteiger partial charge in [-0.05, 0) is 53.0 Å². The second-order valence-corrected chi connectivity index (χ2v) is 13.3. The molecule has 3 nitrogen and oxygen atoms in total. The number of rotatable bonds is 34. The third kappa shape index (κ3) is 32.4. The van der Waals surface area contributed by atoms with Crippen molar-refractivity contribution in [1.82, 2.24) is 9.80 Å². The zero-order valence-electron chi connectivity index (χ0n) is 28.5. The third-order valence-corrected chi connectivity index (χ3v) is 8.89. The smallest absolute Gasteiger partial charge is 0.0667 e. The first-order valence-electron chi connectivity index (χ1n) is 18.6. The van der Waals surface area contributed by atoms with Gasteiger partial charge in [0.2, 0.25) is 0 Å². The molecule has 0 saturated carbocycles. The van der Waals surface area contributed by atoms with Crippen molar-refractivity contribution in [1.29, 1.82) is 0 Å². The van der Waals surface area contributed by atoms with Crippen LogP contribution < -0.4 is 0 Å². The standard InChI is InChI=1S/C37H78N2O/c1-5-7-9-11-13-15-17-19-20-22-24-26-28-30-33-38(3)34-31-35-39(4)36-37(40)32-29-27-25-23-21-18-16-14-12-10-8-6-2/h37,40H,5-36H2,1-4H3. The van der Waals surface area contributed by atoms with Crippen LogP contribution in [0, 0.1) is 0 Å². The fraction of sp³-hybridized carbons (Fsp3) is 1.00. The number of unbranched alkanes of at least 4 members (excludes halogenated alkanes) is 24. The molecule has 0 saturated heterocycles. The summed E-state index contributed by atoms with van der Waals surface area (Å²) in [6.07, 6.45) is 38.7. The summed E-state index contributed by atoms with van der Waals surface area (Å²) in [5.41, 5.74) is 0. The Morgan fingerprint density at radius 1 is 0.375 bits per heavy atom. The summed E-state index contributed by atoms with van der Waals surface area (Å²) in [5, 5.41) is 10.4. The molecule has 242 valence electrons. The lowest BCUT2D eigenvalue weighted by molar-refractivity contribution is 0.113. The molecule has 0 heterocycles. The van der Waals surface area contributed by atoms with Crippen LogP contribution in [-0.4, -0.2) is 61.3 Å². The van der Waals surface area contributed by atoms with Crippen molar-refractivity contribution in [3.05, 3.63) is 0 Å². The van der Waals surface area contributed by atoms with E-state index in [0.29, 0.717) is 0 Å². The molecule has 0 bridgehead atoms. The van der Waals surface area contributed by atoms with Crippen molar-refractivity contribution in [3.8, 4) is 0 Å². The predicted molar refractivity (Wildman–Crippen MR) is 182 cm³/mol. The van der Waals surface area contributed by atoms with Gasteiger partial charge in [-0.2, -0.15) is 0 Å². The molecule has 1 N–H and O–H groups in total. The zero-order valence-corrected chi connectivity index (χ0v) is 28.5. The summed E-state index contributed by atoms with van der Waals surface area (Å²) in [4.78, 5) is 4.85. The minimum Gasteiger partial charge on any atom is -0.392 e. The Labute approximate surface area is 254 Å². The quantitative estimate of drug-likeness (QED) is 0.0785. The lowest BCUT2D eigenvalue weighted by Crippen LogP contribution is -2.32. The van der Waals surface area contributed by atoms with E-state index in [9.17, 15) is 5.11 Å². The van der Waals surface area contributed by atoms with Crippen molar-refractivity contribution in [3.63, 3.8) is 0 Å². The molecule has 0 aromatic heterocycles. The molecule has 0 fully saturated rings. The average molecular weight is 567 g/mol. The normalized spacial score (nSPS) is 12.7. The Kier molecular flexibility index (Phi) is 33.3. The highest BCUT2D eigenvalue weighted by molar-refractivity contribution is 4.63. The number of hydrogen-bond acceptors (Lipinski definition) is 3. The van der Waals surface area contributed by atoms with E-state index < -0.39 is 0 Å². The molecule has 3 heteroatoms. The van der Waals surface area contributed by atoms with E-state index in [4.69, 9.17) is 0 Å². The van der Waals surface area contributed by atoms with Crippen molar-refractivity contribution in [2.45, 2.75) is 200 Å². The topological polar surface area (TPSA) is 26.7 Å². The lowest BCUT2D eigenvalue weighted by Gasteiger charge is -2.22. The predicted octanol–water partition coefficient (Wildman–Crippen LogP) is 11.2. The van der Waals surface area contributed by atoms with Gasteiger partial charge in [0.15, 0.2) is 0 Å². The second-order valence-electron chi connectivity index (χ2n) is 13.3. The summed E-state index contributed by atoms with van der Waals surface area (Å²) >= 11 is 0. The van der Waals surface area contributed by atoms with Crippen LogP contribution in [0.2, 0.25) is 0 Å². The fourth-order valence-corrected chi connectivity index (χ4v) is 6.06. The average Bonchev–Trinajstić information content (AvgIpc) is 2.93. The lowest BCUT2D eigenvalue weighted by atomic mass is 10.0. The summed E-state index contributed by atoms with van der Waals surface area (Å²) in [7, 11) is 4.46. The van der Waals surface area contributed by atoms with Gasteiger partial charge in [0.1, 0.15) is 0 Å². The summed E-state index contributed by atoms with van der Waals surface area (Å²) in [5.74, 6) is 0. The summed E-state index contributed by atoms with van der Waals surface area (Å²) < 4.78 is 0. The van der Waals surface area contributed by atoms with E-state index in [0.717, 1.165) is 19.5 Å². The van der Waals surface area contributed by atoms with Gasteiger partial charge in [-0.1, -0.05) is 174 Å².